The van der Waals surface area contributed by atoms with Gasteiger partial charge >= 0.3 is 0 Å². The third kappa shape index (κ3) is 3.13. The van der Waals surface area contributed by atoms with E-state index >= 15 is 0 Å². The number of benzene rings is 1. The maximum atomic E-state index is 12.8. The first kappa shape index (κ1) is 18.2. The molecule has 0 aliphatic carbocycles. The fraction of sp³-hybridized carbons (Fsp3) is 0.333. The number of oxazole rings is 1. The topological polar surface area (TPSA) is 85.8 Å². The number of fused-ring (bicyclic) bond motifs is 2. The second-order valence-corrected chi connectivity index (χ2v) is 7.92. The van der Waals surface area contributed by atoms with Gasteiger partial charge < -0.3 is 9.73 Å². The van der Waals surface area contributed by atoms with Crippen LogP contribution in [0.25, 0.3) is 22.1 Å². The lowest BCUT2D eigenvalue weighted by atomic mass is 9.90. The van der Waals surface area contributed by atoms with Crippen LogP contribution in [0.15, 0.2) is 34.9 Å². The second kappa shape index (κ2) is 6.44. The standard InChI is InChI=1S/C21H23N5O2/c1-6-17-24-15-10-13(7-8-16(15)28-17)23-20(27)12-9-14-18(21(2,3)4)25-26(5)19(14)22-11-12/h7-11H,6H2,1-5H3,(H,23,27). The molecule has 0 bridgehead atoms. The Bertz CT molecular complexity index is 1200. The van der Waals surface area contributed by atoms with Crippen molar-refractivity contribution in [2.45, 2.75) is 39.5 Å². The average Bonchev–Trinajstić information content (AvgIpc) is 3.21. The zero-order valence-corrected chi connectivity index (χ0v) is 16.7. The number of nitrogens with one attached hydrogen (secondary N) is 1. The average molecular weight is 377 g/mol. The molecule has 0 fully saturated rings. The van der Waals surface area contributed by atoms with Gasteiger partial charge in [0, 0.05) is 36.2 Å². The van der Waals surface area contributed by atoms with E-state index < -0.39 is 0 Å². The number of pyridine rings is 1. The van der Waals surface area contributed by atoms with Crippen molar-refractivity contribution in [3.05, 3.63) is 47.6 Å². The molecule has 7 nitrogen and oxygen atoms in total. The second-order valence-electron chi connectivity index (χ2n) is 7.92. The van der Waals surface area contributed by atoms with Gasteiger partial charge in [0.2, 0.25) is 0 Å². The quantitative estimate of drug-likeness (QED) is 0.578. The Balaban J connectivity index is 1.67. The maximum absolute atomic E-state index is 12.8. The Hall–Kier alpha value is -3.22. The van der Waals surface area contributed by atoms with Gasteiger partial charge in [-0.3, -0.25) is 9.48 Å². The summed E-state index contributed by atoms with van der Waals surface area (Å²) in [5.74, 6) is 0.455. The molecule has 4 rings (SSSR count). The molecule has 1 aromatic carbocycles. The number of carbonyl (C=O) groups is 1. The van der Waals surface area contributed by atoms with E-state index in [1.807, 2.05) is 38.2 Å². The summed E-state index contributed by atoms with van der Waals surface area (Å²) in [5, 5.41) is 8.40. The fourth-order valence-electron chi connectivity index (χ4n) is 3.23. The first-order valence-electron chi connectivity index (χ1n) is 9.30. The Kier molecular flexibility index (Phi) is 4.18. The largest absolute Gasteiger partial charge is 0.441 e. The lowest BCUT2D eigenvalue weighted by Crippen LogP contribution is -2.14. The Labute approximate surface area is 162 Å². The molecule has 0 radical (unpaired) electrons. The predicted molar refractivity (Wildman–Crippen MR) is 109 cm³/mol. The molecular formula is C21H23N5O2. The van der Waals surface area contributed by atoms with Crippen LogP contribution in [-0.4, -0.2) is 25.7 Å². The van der Waals surface area contributed by atoms with E-state index in [1.54, 1.807) is 10.9 Å². The smallest absolute Gasteiger partial charge is 0.257 e. The van der Waals surface area contributed by atoms with E-state index in [-0.39, 0.29) is 11.3 Å². The van der Waals surface area contributed by atoms with Crippen molar-refractivity contribution in [1.29, 1.82) is 0 Å². The number of anilines is 1. The highest BCUT2D eigenvalue weighted by Crippen LogP contribution is 2.29. The zero-order valence-electron chi connectivity index (χ0n) is 16.7. The molecule has 0 spiro atoms. The van der Waals surface area contributed by atoms with Crippen LogP contribution in [0.2, 0.25) is 0 Å². The van der Waals surface area contributed by atoms with E-state index in [2.05, 4.69) is 41.2 Å². The van der Waals surface area contributed by atoms with Crippen molar-refractivity contribution in [1.82, 2.24) is 19.7 Å². The molecule has 0 aliphatic heterocycles. The Morgan fingerprint density at radius 1 is 1.25 bits per heavy atom. The van der Waals surface area contributed by atoms with Gasteiger partial charge in [0.05, 0.1) is 11.3 Å². The number of hydrogen-bond acceptors (Lipinski definition) is 5. The van der Waals surface area contributed by atoms with Crippen molar-refractivity contribution < 1.29 is 9.21 Å². The van der Waals surface area contributed by atoms with E-state index in [4.69, 9.17) is 4.42 Å². The van der Waals surface area contributed by atoms with Gasteiger partial charge in [-0.15, -0.1) is 0 Å². The molecule has 1 N–H and O–H groups in total. The molecule has 0 saturated carbocycles. The summed E-state index contributed by atoms with van der Waals surface area (Å²) in [4.78, 5) is 21.7. The van der Waals surface area contributed by atoms with Crippen molar-refractivity contribution in [2.75, 3.05) is 5.32 Å². The first-order valence-corrected chi connectivity index (χ1v) is 9.30. The predicted octanol–water partition coefficient (Wildman–Crippen LogP) is 4.22. The summed E-state index contributed by atoms with van der Waals surface area (Å²) in [6, 6.07) is 7.29. The van der Waals surface area contributed by atoms with Crippen LogP contribution in [0.5, 0.6) is 0 Å². The number of amides is 1. The van der Waals surface area contributed by atoms with Crippen molar-refractivity contribution in [3.8, 4) is 0 Å². The number of rotatable bonds is 3. The molecule has 4 aromatic rings. The molecule has 0 aliphatic rings. The molecule has 0 saturated heterocycles. The van der Waals surface area contributed by atoms with Gasteiger partial charge in [0.1, 0.15) is 5.52 Å². The minimum Gasteiger partial charge on any atom is -0.441 e. The Morgan fingerprint density at radius 2 is 2.04 bits per heavy atom. The van der Waals surface area contributed by atoms with E-state index in [0.717, 1.165) is 28.7 Å². The molecule has 3 heterocycles. The van der Waals surface area contributed by atoms with Gasteiger partial charge in [0.25, 0.3) is 5.91 Å². The molecular weight excluding hydrogens is 354 g/mol. The molecule has 0 atom stereocenters. The monoisotopic (exact) mass is 377 g/mol. The number of carbonyl (C=O) groups excluding carboxylic acids is 1. The van der Waals surface area contributed by atoms with Gasteiger partial charge in [-0.05, 0) is 24.3 Å². The van der Waals surface area contributed by atoms with Gasteiger partial charge in [-0.2, -0.15) is 5.10 Å². The van der Waals surface area contributed by atoms with Crippen LogP contribution in [0, 0.1) is 0 Å². The van der Waals surface area contributed by atoms with Crippen LogP contribution in [0.3, 0.4) is 0 Å². The summed E-state index contributed by atoms with van der Waals surface area (Å²) in [6.07, 6.45) is 2.30. The van der Waals surface area contributed by atoms with E-state index in [1.165, 1.54) is 0 Å². The van der Waals surface area contributed by atoms with Crippen molar-refractivity contribution in [3.63, 3.8) is 0 Å². The highest BCUT2D eigenvalue weighted by molar-refractivity contribution is 6.06. The summed E-state index contributed by atoms with van der Waals surface area (Å²) in [5.41, 5.74) is 4.12. The highest BCUT2D eigenvalue weighted by atomic mass is 16.3. The normalized spacial score (nSPS) is 12.0. The number of nitrogens with zero attached hydrogens (tertiary/aromatic N) is 4. The van der Waals surface area contributed by atoms with E-state index in [0.29, 0.717) is 22.7 Å². The van der Waals surface area contributed by atoms with Gasteiger partial charge in [0.15, 0.2) is 17.1 Å². The minimum absolute atomic E-state index is 0.148. The van der Waals surface area contributed by atoms with Crippen LogP contribution >= 0.6 is 0 Å². The van der Waals surface area contributed by atoms with Crippen LogP contribution < -0.4 is 5.32 Å². The zero-order chi connectivity index (χ0) is 20.1. The molecule has 3 aromatic heterocycles. The van der Waals surface area contributed by atoms with Crippen molar-refractivity contribution >= 4 is 33.7 Å². The SMILES string of the molecule is CCc1nc2cc(NC(=O)c3cnc4c(c3)c(C(C)(C)C)nn4C)ccc2o1. The van der Waals surface area contributed by atoms with Gasteiger partial charge in [-0.25, -0.2) is 9.97 Å². The number of aryl methyl sites for hydroxylation is 2. The Morgan fingerprint density at radius 3 is 2.75 bits per heavy atom. The maximum Gasteiger partial charge on any atom is 0.257 e. The summed E-state index contributed by atoms with van der Waals surface area (Å²) in [7, 11) is 1.86. The molecule has 28 heavy (non-hydrogen) atoms. The molecule has 1 amide bonds. The molecule has 144 valence electrons. The first-order chi connectivity index (χ1) is 13.3. The highest BCUT2D eigenvalue weighted by Gasteiger charge is 2.23. The lowest BCUT2D eigenvalue weighted by Gasteiger charge is -2.15. The molecule has 0 unspecified atom stereocenters. The van der Waals surface area contributed by atoms with Gasteiger partial charge in [-0.1, -0.05) is 27.7 Å². The van der Waals surface area contributed by atoms with Crippen LogP contribution in [0.4, 0.5) is 5.69 Å². The summed E-state index contributed by atoms with van der Waals surface area (Å²) < 4.78 is 7.37. The fourth-order valence-corrected chi connectivity index (χ4v) is 3.23. The van der Waals surface area contributed by atoms with E-state index in [9.17, 15) is 4.79 Å². The van der Waals surface area contributed by atoms with Crippen molar-refractivity contribution in [2.24, 2.45) is 7.05 Å². The number of hydrogen-bond donors (Lipinski definition) is 1. The van der Waals surface area contributed by atoms with Crippen LogP contribution in [-0.2, 0) is 18.9 Å². The third-order valence-corrected chi connectivity index (χ3v) is 4.64. The lowest BCUT2D eigenvalue weighted by molar-refractivity contribution is 0.102. The van der Waals surface area contributed by atoms with Crippen LogP contribution in [0.1, 0.15) is 49.6 Å². The minimum atomic E-state index is -0.225. The third-order valence-electron chi connectivity index (χ3n) is 4.64. The number of aromatic nitrogens is 4. The summed E-state index contributed by atoms with van der Waals surface area (Å²) in [6.45, 7) is 8.28. The summed E-state index contributed by atoms with van der Waals surface area (Å²) >= 11 is 0. The molecule has 7 heteroatoms.